The lowest BCUT2D eigenvalue weighted by Crippen LogP contribution is -2.37. The number of carbonyl (C=O) groups is 1. The molecule has 1 N–H and O–H groups in total. The summed E-state index contributed by atoms with van der Waals surface area (Å²) in [5.41, 5.74) is 1.46. The summed E-state index contributed by atoms with van der Waals surface area (Å²) in [6.07, 6.45) is 4.25. The van der Waals surface area contributed by atoms with E-state index in [2.05, 4.69) is 10.3 Å². The van der Waals surface area contributed by atoms with Gasteiger partial charge in [-0.2, -0.15) is 0 Å². The fourth-order valence-electron chi connectivity index (χ4n) is 3.48. The minimum absolute atomic E-state index is 0.00150. The van der Waals surface area contributed by atoms with Crippen LogP contribution in [0, 0.1) is 0 Å². The van der Waals surface area contributed by atoms with E-state index in [0.29, 0.717) is 16.5 Å². The van der Waals surface area contributed by atoms with Crippen molar-refractivity contribution in [3.63, 3.8) is 0 Å². The van der Waals surface area contributed by atoms with Crippen molar-refractivity contribution in [1.29, 1.82) is 0 Å². The molecule has 1 aliphatic carbocycles. The highest BCUT2D eigenvalue weighted by Gasteiger charge is 2.28. The van der Waals surface area contributed by atoms with Gasteiger partial charge in [0.25, 0.3) is 5.91 Å². The minimum atomic E-state index is -3.47. The van der Waals surface area contributed by atoms with Crippen molar-refractivity contribution >= 4 is 38.4 Å². The van der Waals surface area contributed by atoms with Crippen molar-refractivity contribution in [1.82, 2.24) is 10.3 Å². The van der Waals surface area contributed by atoms with Crippen molar-refractivity contribution in [2.75, 3.05) is 6.26 Å². The number of halogens is 1. The van der Waals surface area contributed by atoms with E-state index >= 15 is 0 Å². The van der Waals surface area contributed by atoms with Crippen LogP contribution in [0.3, 0.4) is 0 Å². The summed E-state index contributed by atoms with van der Waals surface area (Å²) in [6.45, 7) is 0. The molecule has 9 heteroatoms. The molecule has 0 unspecified atom stereocenters. The van der Waals surface area contributed by atoms with Crippen LogP contribution in [0.25, 0.3) is 11.1 Å². The maximum atomic E-state index is 12.3. The van der Waals surface area contributed by atoms with Crippen LogP contribution in [0.1, 0.15) is 48.0 Å². The molecule has 0 saturated heterocycles. The predicted molar refractivity (Wildman–Crippen MR) is 103 cm³/mol. The first kappa shape index (κ1) is 19.0. The fourth-order valence-corrected chi connectivity index (χ4v) is 4.20. The Morgan fingerprint density at radius 1 is 1.14 bits per heavy atom. The van der Waals surface area contributed by atoms with Gasteiger partial charge >= 0.3 is 0 Å². The zero-order valence-electron chi connectivity index (χ0n) is 15.1. The second-order valence-electron chi connectivity index (χ2n) is 7.08. The number of fused-ring (bicyclic) bond motifs is 1. The van der Waals surface area contributed by atoms with Crippen molar-refractivity contribution in [2.45, 2.75) is 42.7 Å². The fraction of sp³-hybridized carbons (Fsp3) is 0.368. The number of amides is 1. The van der Waals surface area contributed by atoms with Gasteiger partial charge in [0.1, 0.15) is 5.52 Å². The van der Waals surface area contributed by atoms with E-state index in [1.54, 1.807) is 12.1 Å². The molecule has 1 saturated carbocycles. The topological polar surface area (TPSA) is 102 Å². The quantitative estimate of drug-likeness (QED) is 0.683. The molecule has 2 aromatic heterocycles. The number of aromatic nitrogens is 1. The number of benzene rings is 1. The average Bonchev–Trinajstić information content (AvgIpc) is 3.29. The smallest absolute Gasteiger partial charge is 0.287 e. The SMILES string of the molecule is CS(=O)(=O)c1ccc(C(=O)N[C@H]2CC[C@@H](c3nc4cc(Cl)ccc4o3)CC2)o1. The molecule has 0 radical (unpaired) electrons. The number of nitrogens with zero attached hydrogens (tertiary/aromatic N) is 1. The zero-order chi connectivity index (χ0) is 19.9. The molecule has 0 aliphatic heterocycles. The van der Waals surface area contributed by atoms with E-state index in [1.165, 1.54) is 12.1 Å². The highest BCUT2D eigenvalue weighted by molar-refractivity contribution is 7.90. The van der Waals surface area contributed by atoms with Gasteiger partial charge in [0.05, 0.1) is 0 Å². The van der Waals surface area contributed by atoms with E-state index in [-0.39, 0.29) is 22.8 Å². The maximum absolute atomic E-state index is 12.3. The van der Waals surface area contributed by atoms with Crippen LogP contribution in [0.5, 0.6) is 0 Å². The molecular formula is C19H19ClN2O5S. The van der Waals surface area contributed by atoms with Gasteiger partial charge < -0.3 is 14.2 Å². The van der Waals surface area contributed by atoms with Crippen LogP contribution in [-0.4, -0.2) is 31.6 Å². The number of furan rings is 1. The van der Waals surface area contributed by atoms with Crippen LogP contribution in [0.2, 0.25) is 5.02 Å². The van der Waals surface area contributed by atoms with Gasteiger partial charge in [-0.15, -0.1) is 0 Å². The molecule has 0 atom stereocenters. The molecule has 148 valence electrons. The van der Waals surface area contributed by atoms with Crippen LogP contribution in [-0.2, 0) is 9.84 Å². The van der Waals surface area contributed by atoms with Gasteiger partial charge in [-0.3, -0.25) is 4.79 Å². The van der Waals surface area contributed by atoms with Crippen LogP contribution < -0.4 is 5.32 Å². The van der Waals surface area contributed by atoms with Crippen molar-refractivity contribution in [2.24, 2.45) is 0 Å². The molecule has 1 fully saturated rings. The standard InChI is InChI=1S/C19H19ClN2O5S/c1-28(24,25)17-9-8-16(26-17)18(23)21-13-5-2-11(3-6-13)19-22-14-10-12(20)4-7-15(14)27-19/h4,7-11,13H,2-3,5-6H2,1H3,(H,21,23)/t11-,13+. The van der Waals surface area contributed by atoms with Gasteiger partial charge in [0.2, 0.25) is 14.9 Å². The Labute approximate surface area is 167 Å². The van der Waals surface area contributed by atoms with Crippen molar-refractivity contribution in [3.8, 4) is 0 Å². The third kappa shape index (κ3) is 3.93. The highest BCUT2D eigenvalue weighted by Crippen LogP contribution is 2.34. The molecule has 0 spiro atoms. The van der Waals surface area contributed by atoms with E-state index in [1.807, 2.05) is 6.07 Å². The molecular weight excluding hydrogens is 404 g/mol. The molecule has 0 bridgehead atoms. The van der Waals surface area contributed by atoms with Gasteiger partial charge in [-0.25, -0.2) is 13.4 Å². The lowest BCUT2D eigenvalue weighted by molar-refractivity contribution is 0.0891. The molecule has 1 aliphatic rings. The van der Waals surface area contributed by atoms with Crippen molar-refractivity contribution in [3.05, 3.63) is 47.0 Å². The van der Waals surface area contributed by atoms with E-state index in [0.717, 1.165) is 37.5 Å². The number of nitrogens with one attached hydrogen (secondary N) is 1. The summed E-state index contributed by atoms with van der Waals surface area (Å²) in [4.78, 5) is 16.9. The Bertz CT molecular complexity index is 1130. The summed E-state index contributed by atoms with van der Waals surface area (Å²) >= 11 is 6.00. The second-order valence-corrected chi connectivity index (χ2v) is 9.46. The summed E-state index contributed by atoms with van der Waals surface area (Å²) in [6, 6.07) is 8.03. The maximum Gasteiger partial charge on any atom is 0.287 e. The van der Waals surface area contributed by atoms with Gasteiger partial charge in [-0.05, 0) is 56.0 Å². The van der Waals surface area contributed by atoms with E-state index < -0.39 is 15.7 Å². The zero-order valence-corrected chi connectivity index (χ0v) is 16.7. The predicted octanol–water partition coefficient (Wildman–Crippen LogP) is 3.93. The second kappa shape index (κ2) is 7.25. The Hall–Kier alpha value is -2.32. The third-order valence-corrected chi connectivity index (χ3v) is 6.13. The number of hydrogen-bond donors (Lipinski definition) is 1. The number of rotatable bonds is 4. The number of sulfone groups is 1. The molecule has 28 heavy (non-hydrogen) atoms. The Balaban J connectivity index is 1.37. The largest absolute Gasteiger partial charge is 0.440 e. The van der Waals surface area contributed by atoms with Crippen LogP contribution >= 0.6 is 11.6 Å². The molecule has 1 amide bonds. The first-order valence-corrected chi connectivity index (χ1v) is 11.2. The number of hydrogen-bond acceptors (Lipinski definition) is 6. The number of carbonyl (C=O) groups excluding carboxylic acids is 1. The summed E-state index contributed by atoms with van der Waals surface area (Å²) in [7, 11) is -3.47. The molecule has 1 aromatic carbocycles. The van der Waals surface area contributed by atoms with E-state index in [4.69, 9.17) is 20.4 Å². The lowest BCUT2D eigenvalue weighted by Gasteiger charge is -2.27. The molecule has 2 heterocycles. The third-order valence-electron chi connectivity index (χ3n) is 4.95. The monoisotopic (exact) mass is 422 g/mol. The summed E-state index contributed by atoms with van der Waals surface area (Å²) in [5.74, 6) is 0.485. The van der Waals surface area contributed by atoms with Crippen molar-refractivity contribution < 1.29 is 22.0 Å². The Morgan fingerprint density at radius 2 is 1.89 bits per heavy atom. The highest BCUT2D eigenvalue weighted by atomic mass is 35.5. The normalized spacial score (nSPS) is 20.4. The van der Waals surface area contributed by atoms with Gasteiger partial charge in [0, 0.05) is 23.2 Å². The summed E-state index contributed by atoms with van der Waals surface area (Å²) in [5, 5.41) is 3.32. The van der Waals surface area contributed by atoms with Gasteiger partial charge in [-0.1, -0.05) is 11.6 Å². The summed E-state index contributed by atoms with van der Waals surface area (Å²) < 4.78 is 33.9. The first-order valence-electron chi connectivity index (χ1n) is 8.96. The van der Waals surface area contributed by atoms with E-state index in [9.17, 15) is 13.2 Å². The lowest BCUT2D eigenvalue weighted by atomic mass is 9.86. The van der Waals surface area contributed by atoms with Gasteiger partial charge in [0.15, 0.2) is 17.2 Å². The number of oxazole rings is 1. The Kier molecular flexibility index (Phi) is 4.93. The molecule has 7 nitrogen and oxygen atoms in total. The average molecular weight is 423 g/mol. The van der Waals surface area contributed by atoms with Crippen LogP contribution in [0.4, 0.5) is 0 Å². The van der Waals surface area contributed by atoms with Crippen LogP contribution in [0.15, 0.2) is 44.3 Å². The minimum Gasteiger partial charge on any atom is -0.440 e. The first-order chi connectivity index (χ1) is 13.3. The Morgan fingerprint density at radius 3 is 2.57 bits per heavy atom. The molecule has 4 rings (SSSR count). The molecule has 3 aromatic rings.